The van der Waals surface area contributed by atoms with Crippen LogP contribution in [-0.4, -0.2) is 37.1 Å². The molecule has 5 heteroatoms. The van der Waals surface area contributed by atoms with Crippen molar-refractivity contribution < 1.29 is 9.53 Å². The number of rotatable bonds is 8. The Morgan fingerprint density at radius 2 is 2.00 bits per heavy atom. The van der Waals surface area contributed by atoms with Gasteiger partial charge in [-0.3, -0.25) is 9.69 Å². The number of carbonyl (C=O) groups is 1. The third-order valence-corrected chi connectivity index (χ3v) is 7.16. The maximum atomic E-state index is 13.4. The zero-order valence-corrected chi connectivity index (χ0v) is 19.6. The summed E-state index contributed by atoms with van der Waals surface area (Å²) in [6.45, 7) is 3.88. The molecule has 1 aromatic carbocycles. The van der Waals surface area contributed by atoms with Gasteiger partial charge in [0, 0.05) is 24.7 Å². The van der Waals surface area contributed by atoms with Crippen molar-refractivity contribution >= 4 is 11.7 Å². The molecule has 1 saturated carbocycles. The maximum Gasteiger partial charge on any atom is 0.231 e. The molecule has 2 aromatic rings. The minimum atomic E-state index is 0.0651. The quantitative estimate of drug-likeness (QED) is 0.648. The molecule has 0 radical (unpaired) electrons. The maximum absolute atomic E-state index is 13.4. The number of hydrogen-bond donors (Lipinski definition) is 1. The molecular weight excluding hydrogens is 398 g/mol. The van der Waals surface area contributed by atoms with Crippen LogP contribution in [-0.2, 0) is 17.6 Å². The lowest BCUT2D eigenvalue weighted by Gasteiger charge is -2.33. The molecule has 0 bridgehead atoms. The number of carbonyl (C=O) groups excluding carboxylic acids is 1. The van der Waals surface area contributed by atoms with Crippen LogP contribution in [0.25, 0.3) is 0 Å². The average Bonchev–Trinajstić information content (AvgIpc) is 2.85. The van der Waals surface area contributed by atoms with E-state index < -0.39 is 0 Å². The number of fused-ring (bicyclic) bond motifs is 1. The lowest BCUT2D eigenvalue weighted by molar-refractivity contribution is -0.123. The summed E-state index contributed by atoms with van der Waals surface area (Å²) in [6, 6.07) is 12.3. The lowest BCUT2D eigenvalue weighted by Crippen LogP contribution is -2.48. The van der Waals surface area contributed by atoms with Crippen LogP contribution in [0.2, 0.25) is 0 Å². The number of methoxy groups -OCH3 is 1. The topological polar surface area (TPSA) is 54.5 Å². The Morgan fingerprint density at radius 1 is 1.16 bits per heavy atom. The van der Waals surface area contributed by atoms with Gasteiger partial charge in [0.05, 0.1) is 7.11 Å². The van der Waals surface area contributed by atoms with Crippen molar-refractivity contribution in [3.8, 4) is 5.75 Å². The molecule has 32 heavy (non-hydrogen) atoms. The molecule has 1 fully saturated rings. The van der Waals surface area contributed by atoms with Crippen LogP contribution in [0, 0.1) is 11.8 Å². The van der Waals surface area contributed by atoms with Crippen LogP contribution in [0.3, 0.4) is 0 Å². The van der Waals surface area contributed by atoms with Crippen LogP contribution in [0.15, 0.2) is 42.6 Å². The van der Waals surface area contributed by atoms with E-state index in [0.717, 1.165) is 63.2 Å². The molecule has 1 amide bonds. The highest BCUT2D eigenvalue weighted by Crippen LogP contribution is 2.32. The Morgan fingerprint density at radius 3 is 2.75 bits per heavy atom. The fourth-order valence-corrected chi connectivity index (χ4v) is 5.40. The van der Waals surface area contributed by atoms with E-state index in [2.05, 4.69) is 35.4 Å². The number of hydrogen-bond acceptors (Lipinski definition) is 4. The first-order chi connectivity index (χ1) is 15.7. The molecule has 1 heterocycles. The minimum Gasteiger partial charge on any atom is -0.496 e. The SMILES string of the molecule is COc1cccc2c1CCC(CNCC(C)N(C(=O)C1CCCCC1)c1ccccn1)C2. The summed E-state index contributed by atoms with van der Waals surface area (Å²) in [5.41, 5.74) is 2.79. The molecule has 172 valence electrons. The number of aromatic nitrogens is 1. The molecule has 5 nitrogen and oxygen atoms in total. The number of nitrogens with one attached hydrogen (secondary N) is 1. The Balaban J connectivity index is 1.36. The second-order valence-electron chi connectivity index (χ2n) is 9.45. The van der Waals surface area contributed by atoms with Gasteiger partial charge >= 0.3 is 0 Å². The minimum absolute atomic E-state index is 0.0651. The molecule has 2 aliphatic rings. The van der Waals surface area contributed by atoms with E-state index in [1.54, 1.807) is 13.3 Å². The van der Waals surface area contributed by atoms with E-state index in [0.29, 0.717) is 5.92 Å². The Kier molecular flexibility index (Phi) is 7.80. The van der Waals surface area contributed by atoms with Crippen molar-refractivity contribution in [3.63, 3.8) is 0 Å². The summed E-state index contributed by atoms with van der Waals surface area (Å²) in [7, 11) is 1.76. The van der Waals surface area contributed by atoms with Crippen LogP contribution < -0.4 is 15.0 Å². The summed E-state index contributed by atoms with van der Waals surface area (Å²) in [4.78, 5) is 19.9. The molecule has 0 spiro atoms. The third kappa shape index (κ3) is 5.32. The van der Waals surface area contributed by atoms with Crippen molar-refractivity contribution in [1.29, 1.82) is 0 Å². The van der Waals surface area contributed by atoms with E-state index >= 15 is 0 Å². The van der Waals surface area contributed by atoms with Crippen LogP contribution in [0.4, 0.5) is 5.82 Å². The highest BCUT2D eigenvalue weighted by atomic mass is 16.5. The normalized spacial score (nSPS) is 19.8. The smallest absolute Gasteiger partial charge is 0.231 e. The monoisotopic (exact) mass is 435 g/mol. The highest BCUT2D eigenvalue weighted by molar-refractivity contribution is 5.94. The highest BCUT2D eigenvalue weighted by Gasteiger charge is 2.30. The molecule has 0 aliphatic heterocycles. The van der Waals surface area contributed by atoms with Gasteiger partial charge in [-0.1, -0.05) is 37.5 Å². The number of pyridine rings is 1. The summed E-state index contributed by atoms with van der Waals surface area (Å²) < 4.78 is 5.54. The van der Waals surface area contributed by atoms with Gasteiger partial charge in [0.1, 0.15) is 11.6 Å². The lowest BCUT2D eigenvalue weighted by atomic mass is 9.83. The Labute approximate surface area is 192 Å². The van der Waals surface area contributed by atoms with E-state index in [-0.39, 0.29) is 17.9 Å². The van der Waals surface area contributed by atoms with Crippen molar-refractivity contribution in [2.45, 2.75) is 64.3 Å². The van der Waals surface area contributed by atoms with E-state index in [9.17, 15) is 4.79 Å². The van der Waals surface area contributed by atoms with Gasteiger partial charge in [-0.05, 0) is 80.8 Å². The van der Waals surface area contributed by atoms with Gasteiger partial charge in [0.15, 0.2) is 0 Å². The molecule has 2 unspecified atom stereocenters. The van der Waals surface area contributed by atoms with Gasteiger partial charge in [-0.25, -0.2) is 4.98 Å². The molecule has 1 aromatic heterocycles. The number of anilines is 1. The number of benzene rings is 1. The first-order valence-corrected chi connectivity index (χ1v) is 12.3. The molecule has 4 rings (SSSR count). The van der Waals surface area contributed by atoms with Gasteiger partial charge in [-0.2, -0.15) is 0 Å². The number of nitrogens with zero attached hydrogens (tertiary/aromatic N) is 2. The van der Waals surface area contributed by atoms with Crippen LogP contribution in [0.5, 0.6) is 5.75 Å². The summed E-state index contributed by atoms with van der Waals surface area (Å²) in [6.07, 6.45) is 10.7. The van der Waals surface area contributed by atoms with Gasteiger partial charge < -0.3 is 10.1 Å². The fourth-order valence-electron chi connectivity index (χ4n) is 5.40. The predicted octanol–water partition coefficient (Wildman–Crippen LogP) is 4.79. The van der Waals surface area contributed by atoms with Crippen LogP contribution in [0.1, 0.15) is 56.6 Å². The predicted molar refractivity (Wildman–Crippen MR) is 129 cm³/mol. The number of amides is 1. The van der Waals surface area contributed by atoms with Crippen molar-refractivity contribution in [3.05, 3.63) is 53.7 Å². The largest absolute Gasteiger partial charge is 0.496 e. The third-order valence-electron chi connectivity index (χ3n) is 7.16. The first kappa shape index (κ1) is 22.8. The Bertz CT molecular complexity index is 880. The zero-order valence-electron chi connectivity index (χ0n) is 19.6. The fraction of sp³-hybridized carbons (Fsp3) is 0.556. The van der Waals surface area contributed by atoms with Crippen molar-refractivity contribution in [1.82, 2.24) is 10.3 Å². The van der Waals surface area contributed by atoms with E-state index in [4.69, 9.17) is 4.74 Å². The Hall–Kier alpha value is -2.40. The molecule has 2 aliphatic carbocycles. The summed E-state index contributed by atoms with van der Waals surface area (Å²) in [5, 5.41) is 3.67. The van der Waals surface area contributed by atoms with Crippen molar-refractivity contribution in [2.75, 3.05) is 25.1 Å². The average molecular weight is 436 g/mol. The van der Waals surface area contributed by atoms with E-state index in [1.165, 1.54) is 24.0 Å². The van der Waals surface area contributed by atoms with Crippen LogP contribution >= 0.6 is 0 Å². The molecule has 0 saturated heterocycles. The van der Waals surface area contributed by atoms with Gasteiger partial charge in [0.25, 0.3) is 0 Å². The second-order valence-corrected chi connectivity index (χ2v) is 9.45. The number of ether oxygens (including phenoxy) is 1. The van der Waals surface area contributed by atoms with Crippen molar-refractivity contribution in [2.24, 2.45) is 11.8 Å². The van der Waals surface area contributed by atoms with E-state index in [1.807, 2.05) is 23.1 Å². The second kappa shape index (κ2) is 11.0. The summed E-state index contributed by atoms with van der Waals surface area (Å²) in [5.74, 6) is 2.79. The van der Waals surface area contributed by atoms with Gasteiger partial charge in [0.2, 0.25) is 5.91 Å². The molecule has 2 atom stereocenters. The molecule has 1 N–H and O–H groups in total. The zero-order chi connectivity index (χ0) is 22.3. The summed E-state index contributed by atoms with van der Waals surface area (Å²) >= 11 is 0. The first-order valence-electron chi connectivity index (χ1n) is 12.3. The van der Waals surface area contributed by atoms with Gasteiger partial charge in [-0.15, -0.1) is 0 Å². The standard InChI is InChI=1S/C27H37N3O2/c1-20(18-28-19-21-14-15-24-23(17-21)11-8-12-25(24)32-2)30(26-13-6-7-16-29-26)27(31)22-9-4-3-5-10-22/h6-8,11-13,16,20-22,28H,3-5,9-10,14-15,17-19H2,1-2H3. The molecular formula is C27H37N3O2.